The maximum absolute atomic E-state index is 13.7. The van der Waals surface area contributed by atoms with Crippen molar-refractivity contribution in [3.05, 3.63) is 94.0 Å². The smallest absolute Gasteiger partial charge is 0.338 e. The summed E-state index contributed by atoms with van der Waals surface area (Å²) in [6, 6.07) is 12.1. The van der Waals surface area contributed by atoms with Crippen LogP contribution < -0.4 is 19.6 Å². The molecule has 0 radical (unpaired) electrons. The Bertz CT molecular complexity index is 1490. The summed E-state index contributed by atoms with van der Waals surface area (Å²) in [7, 11) is 0. The second-order valence-electron chi connectivity index (χ2n) is 8.20. The largest absolute Gasteiger partial charge is 0.490 e. The number of allylic oxidation sites excluding steroid dienone is 1. The van der Waals surface area contributed by atoms with Crippen LogP contribution in [0.1, 0.15) is 44.9 Å². The van der Waals surface area contributed by atoms with E-state index in [4.69, 9.17) is 21.1 Å². The number of aromatic nitrogens is 1. The van der Waals surface area contributed by atoms with Crippen LogP contribution >= 0.6 is 38.9 Å². The first-order valence-electron chi connectivity index (χ1n) is 11.1. The van der Waals surface area contributed by atoms with Gasteiger partial charge in [0.1, 0.15) is 5.75 Å². The number of ether oxygens (including phenoxy) is 2. The van der Waals surface area contributed by atoms with Crippen molar-refractivity contribution in [2.75, 3.05) is 6.61 Å². The molecule has 0 N–H and O–H groups in total. The second-order valence-corrected chi connectivity index (χ2v) is 10.6. The Kier molecular flexibility index (Phi) is 7.64. The fraction of sp³-hybridized carbons (Fsp3) is 0.269. The van der Waals surface area contributed by atoms with Gasteiger partial charge in [0.15, 0.2) is 4.80 Å². The zero-order chi connectivity index (χ0) is 25.3. The molecule has 1 aromatic heterocycles. The van der Waals surface area contributed by atoms with Gasteiger partial charge in [0.05, 0.1) is 34.6 Å². The molecule has 4 rings (SSSR count). The molecule has 0 amide bonds. The van der Waals surface area contributed by atoms with Gasteiger partial charge < -0.3 is 9.47 Å². The average Bonchev–Trinajstić information content (AvgIpc) is 3.09. The fourth-order valence-electron chi connectivity index (χ4n) is 3.89. The van der Waals surface area contributed by atoms with Crippen LogP contribution in [-0.4, -0.2) is 23.2 Å². The van der Waals surface area contributed by atoms with E-state index in [9.17, 15) is 9.59 Å². The van der Waals surface area contributed by atoms with E-state index in [1.165, 1.54) is 11.3 Å². The lowest BCUT2D eigenvalue weighted by Crippen LogP contribution is -2.39. The summed E-state index contributed by atoms with van der Waals surface area (Å²) in [6.45, 7) is 7.62. The first-order valence-corrected chi connectivity index (χ1v) is 13.1. The van der Waals surface area contributed by atoms with E-state index in [1.807, 2.05) is 44.2 Å². The molecule has 0 fully saturated rings. The van der Waals surface area contributed by atoms with Crippen LogP contribution in [0.5, 0.6) is 5.75 Å². The van der Waals surface area contributed by atoms with Gasteiger partial charge >= 0.3 is 5.97 Å². The van der Waals surface area contributed by atoms with E-state index in [-0.39, 0.29) is 18.3 Å². The summed E-state index contributed by atoms with van der Waals surface area (Å²) in [5.74, 6) is 0.175. The highest BCUT2D eigenvalue weighted by atomic mass is 79.9. The minimum atomic E-state index is -0.682. The highest BCUT2D eigenvalue weighted by molar-refractivity contribution is 9.10. The Morgan fingerprint density at radius 2 is 1.97 bits per heavy atom. The summed E-state index contributed by atoms with van der Waals surface area (Å²) in [5.41, 5.74) is 2.11. The molecule has 1 aliphatic rings. The molecule has 0 aliphatic carbocycles. The summed E-state index contributed by atoms with van der Waals surface area (Å²) in [6.07, 6.45) is 1.78. The molecule has 1 aliphatic heterocycles. The molecule has 6 nitrogen and oxygen atoms in total. The van der Waals surface area contributed by atoms with E-state index >= 15 is 0 Å². The van der Waals surface area contributed by atoms with Gasteiger partial charge in [-0.2, -0.15) is 0 Å². The van der Waals surface area contributed by atoms with Crippen LogP contribution in [0.15, 0.2) is 68.0 Å². The van der Waals surface area contributed by atoms with E-state index in [0.717, 1.165) is 15.6 Å². The highest BCUT2D eigenvalue weighted by Crippen LogP contribution is 2.31. The average molecular weight is 576 g/mol. The monoisotopic (exact) mass is 574 g/mol. The van der Waals surface area contributed by atoms with Crippen LogP contribution in [0.4, 0.5) is 0 Å². The van der Waals surface area contributed by atoms with Gasteiger partial charge in [0, 0.05) is 15.1 Å². The fourth-order valence-corrected chi connectivity index (χ4v) is 5.43. The van der Waals surface area contributed by atoms with Crippen molar-refractivity contribution in [2.24, 2.45) is 4.99 Å². The molecular formula is C26H24BrClN2O4S. The second kappa shape index (κ2) is 10.5. The molecule has 0 bridgehead atoms. The summed E-state index contributed by atoms with van der Waals surface area (Å²) in [5, 5.41) is 0.562. The number of benzene rings is 2. The predicted molar refractivity (Wildman–Crippen MR) is 142 cm³/mol. The molecule has 9 heteroatoms. The van der Waals surface area contributed by atoms with Gasteiger partial charge in [0.2, 0.25) is 0 Å². The molecule has 0 spiro atoms. The van der Waals surface area contributed by atoms with E-state index in [1.54, 1.807) is 36.6 Å². The normalized spacial score (nSPS) is 15.7. The number of thiazole rings is 1. The first-order chi connectivity index (χ1) is 16.7. The Balaban J connectivity index is 1.95. The van der Waals surface area contributed by atoms with Crippen LogP contribution in [0.3, 0.4) is 0 Å². The Morgan fingerprint density at radius 3 is 2.63 bits per heavy atom. The lowest BCUT2D eigenvalue weighted by Gasteiger charge is -2.24. The first kappa shape index (κ1) is 25.4. The minimum Gasteiger partial charge on any atom is -0.490 e. The topological polar surface area (TPSA) is 69.9 Å². The quantitative estimate of drug-likeness (QED) is 0.388. The molecule has 182 valence electrons. The third-order valence-corrected chi connectivity index (χ3v) is 7.05. The Labute approximate surface area is 220 Å². The molecule has 2 heterocycles. The molecule has 2 aromatic carbocycles. The maximum atomic E-state index is 13.7. The standard InChI is InChI=1S/C26H24BrClN2O4S/c1-5-33-25(32)22-15(4)29-26-30(23(22)16-6-9-19(28)10-7-16)24(31)21(35-26)13-17-12-18(27)8-11-20(17)34-14(2)3/h6-14,23H,5H2,1-4H3/b21-13+/t23-/m0/s1. The number of carbonyl (C=O) groups excluding carboxylic acids is 1. The van der Waals surface area contributed by atoms with E-state index in [0.29, 0.717) is 31.4 Å². The Morgan fingerprint density at radius 1 is 1.26 bits per heavy atom. The van der Waals surface area contributed by atoms with Crippen molar-refractivity contribution < 1.29 is 14.3 Å². The molecule has 3 aromatic rings. The molecule has 35 heavy (non-hydrogen) atoms. The number of hydrogen-bond acceptors (Lipinski definition) is 6. The number of fused-ring (bicyclic) bond motifs is 1. The third-order valence-electron chi connectivity index (χ3n) is 5.32. The van der Waals surface area contributed by atoms with Gasteiger partial charge in [-0.3, -0.25) is 9.36 Å². The van der Waals surface area contributed by atoms with Crippen molar-refractivity contribution in [1.82, 2.24) is 4.57 Å². The van der Waals surface area contributed by atoms with Crippen molar-refractivity contribution in [3.63, 3.8) is 0 Å². The SMILES string of the molecule is CCOC(=O)C1=C(C)N=c2s/c(=C/c3cc(Br)ccc3OC(C)C)c(=O)n2[C@H]1c1ccc(Cl)cc1. The number of carbonyl (C=O) groups is 1. The van der Waals surface area contributed by atoms with Crippen molar-refractivity contribution in [2.45, 2.75) is 39.8 Å². The van der Waals surface area contributed by atoms with Gasteiger partial charge in [-0.05, 0) is 69.7 Å². The maximum Gasteiger partial charge on any atom is 0.338 e. The molecule has 0 saturated heterocycles. The minimum absolute atomic E-state index is 0.0239. The molecule has 0 saturated carbocycles. The zero-order valence-corrected chi connectivity index (χ0v) is 22.8. The number of rotatable bonds is 6. The predicted octanol–water partition coefficient (Wildman–Crippen LogP) is 5.00. The summed E-state index contributed by atoms with van der Waals surface area (Å²) in [4.78, 5) is 31.8. The Hall–Kier alpha value is -2.68. The van der Waals surface area contributed by atoms with E-state index < -0.39 is 12.0 Å². The van der Waals surface area contributed by atoms with Crippen LogP contribution in [-0.2, 0) is 9.53 Å². The van der Waals surface area contributed by atoms with Crippen LogP contribution in [0.2, 0.25) is 5.02 Å². The van der Waals surface area contributed by atoms with E-state index in [2.05, 4.69) is 20.9 Å². The zero-order valence-electron chi connectivity index (χ0n) is 19.7. The van der Waals surface area contributed by atoms with Crippen molar-refractivity contribution in [1.29, 1.82) is 0 Å². The number of halogens is 2. The summed E-state index contributed by atoms with van der Waals surface area (Å²) < 4.78 is 14.2. The van der Waals surface area contributed by atoms with Crippen molar-refractivity contribution >= 4 is 50.9 Å². The molecule has 0 unspecified atom stereocenters. The van der Waals surface area contributed by atoms with Crippen LogP contribution in [0.25, 0.3) is 6.08 Å². The number of hydrogen-bond donors (Lipinski definition) is 0. The lowest BCUT2D eigenvalue weighted by atomic mass is 9.96. The molecule has 1 atom stereocenters. The summed E-state index contributed by atoms with van der Waals surface area (Å²) >= 11 is 10.9. The van der Waals surface area contributed by atoms with Gasteiger partial charge in [-0.25, -0.2) is 9.79 Å². The molecular weight excluding hydrogens is 552 g/mol. The number of esters is 1. The van der Waals surface area contributed by atoms with Crippen molar-refractivity contribution in [3.8, 4) is 5.75 Å². The number of nitrogens with zero attached hydrogens (tertiary/aromatic N) is 2. The third kappa shape index (κ3) is 5.29. The van der Waals surface area contributed by atoms with Gasteiger partial charge in [-0.1, -0.05) is 51.0 Å². The van der Waals surface area contributed by atoms with Crippen LogP contribution in [0, 0.1) is 0 Å². The highest BCUT2D eigenvalue weighted by Gasteiger charge is 2.33. The van der Waals surface area contributed by atoms with Gasteiger partial charge in [-0.15, -0.1) is 0 Å². The lowest BCUT2D eigenvalue weighted by molar-refractivity contribution is -0.139. The van der Waals surface area contributed by atoms with Gasteiger partial charge in [0.25, 0.3) is 5.56 Å².